The molecule has 0 N–H and O–H groups in total. The van der Waals surface area contributed by atoms with E-state index in [1.165, 1.54) is 0 Å². The quantitative estimate of drug-likeness (QED) is 0.484. The summed E-state index contributed by atoms with van der Waals surface area (Å²) >= 11 is 0. The van der Waals surface area contributed by atoms with E-state index < -0.39 is 5.92 Å². The lowest BCUT2D eigenvalue weighted by Crippen LogP contribution is -2.29. The van der Waals surface area contributed by atoms with Crippen molar-refractivity contribution < 1.29 is 9.53 Å². The van der Waals surface area contributed by atoms with Crippen LogP contribution in [-0.2, 0) is 9.53 Å². The summed E-state index contributed by atoms with van der Waals surface area (Å²) < 4.78 is 5.69. The van der Waals surface area contributed by atoms with Crippen LogP contribution in [0.25, 0.3) is 0 Å². The maximum atomic E-state index is 12.9. The lowest BCUT2D eigenvalue weighted by molar-refractivity contribution is -0.144. The number of benzene rings is 3. The number of carbonyl (C=O) groups excluding carboxylic acids is 1. The van der Waals surface area contributed by atoms with Crippen LogP contribution in [0.4, 0.5) is 5.69 Å². The maximum Gasteiger partial charge on any atom is 0.317 e. The predicted octanol–water partition coefficient (Wildman–Crippen LogP) is 5.31. The number of ether oxygens (including phenoxy) is 1. The van der Waals surface area contributed by atoms with Gasteiger partial charge in [-0.15, -0.1) is 12.4 Å². The number of anilines is 1. The molecule has 3 aromatic carbocycles. The van der Waals surface area contributed by atoms with E-state index in [0.29, 0.717) is 13.2 Å². The van der Waals surface area contributed by atoms with Gasteiger partial charge in [-0.2, -0.15) is 0 Å². The highest BCUT2D eigenvalue weighted by atomic mass is 35.5. The Morgan fingerprint density at radius 3 is 1.75 bits per heavy atom. The van der Waals surface area contributed by atoms with Crippen molar-refractivity contribution in [2.24, 2.45) is 0 Å². The number of likely N-dealkylation sites (N-methyl/N-ethyl adjacent to an activating group) is 1. The van der Waals surface area contributed by atoms with Crippen molar-refractivity contribution in [1.29, 1.82) is 0 Å². The van der Waals surface area contributed by atoms with Crippen LogP contribution in [0.1, 0.15) is 24.0 Å². The molecule has 0 fully saturated rings. The third-order valence-electron chi connectivity index (χ3n) is 4.61. The first-order valence-corrected chi connectivity index (χ1v) is 9.36. The Hall–Kier alpha value is -2.78. The fraction of sp³-hybridized carbons (Fsp3) is 0.208. The molecule has 0 aliphatic heterocycles. The second-order valence-corrected chi connectivity index (χ2v) is 6.34. The molecular weight excluding hydrogens is 370 g/mol. The molecule has 3 nitrogen and oxygen atoms in total. The summed E-state index contributed by atoms with van der Waals surface area (Å²) in [6, 6.07) is 29.8. The first-order valence-electron chi connectivity index (χ1n) is 9.36. The largest absolute Gasteiger partial charge is 0.463 e. The predicted molar refractivity (Wildman–Crippen MR) is 117 cm³/mol. The normalized spacial score (nSPS) is 10.2. The molecule has 0 bridgehead atoms. The molecule has 146 valence electrons. The summed E-state index contributed by atoms with van der Waals surface area (Å²) in [5.41, 5.74) is 3.03. The van der Waals surface area contributed by atoms with Crippen LogP contribution in [0.15, 0.2) is 91.0 Å². The van der Waals surface area contributed by atoms with Gasteiger partial charge in [0.05, 0.1) is 6.54 Å². The number of esters is 1. The van der Waals surface area contributed by atoms with Gasteiger partial charge in [-0.1, -0.05) is 78.9 Å². The topological polar surface area (TPSA) is 29.5 Å². The summed E-state index contributed by atoms with van der Waals surface area (Å²) in [5.74, 6) is -0.615. The third kappa shape index (κ3) is 5.61. The number of rotatable bonds is 8. The van der Waals surface area contributed by atoms with Gasteiger partial charge in [0.25, 0.3) is 0 Å². The Kier molecular flexibility index (Phi) is 8.57. The summed E-state index contributed by atoms with van der Waals surface area (Å²) in [6.45, 7) is 3.99. The smallest absolute Gasteiger partial charge is 0.317 e. The van der Waals surface area contributed by atoms with Crippen LogP contribution in [0.2, 0.25) is 0 Å². The van der Waals surface area contributed by atoms with Crippen LogP contribution in [0.5, 0.6) is 0 Å². The molecule has 0 aliphatic rings. The average Bonchev–Trinajstić information content (AvgIpc) is 2.74. The monoisotopic (exact) mass is 395 g/mol. The minimum absolute atomic E-state index is 0. The summed E-state index contributed by atoms with van der Waals surface area (Å²) in [4.78, 5) is 15.1. The Morgan fingerprint density at radius 1 is 0.821 bits per heavy atom. The second-order valence-electron chi connectivity index (χ2n) is 6.34. The molecule has 0 amide bonds. The van der Waals surface area contributed by atoms with E-state index in [-0.39, 0.29) is 18.4 Å². The molecule has 28 heavy (non-hydrogen) atoms. The van der Waals surface area contributed by atoms with Crippen LogP contribution in [0, 0.1) is 0 Å². The highest BCUT2D eigenvalue weighted by molar-refractivity contribution is 5.85. The molecule has 0 saturated heterocycles. The highest BCUT2D eigenvalue weighted by Crippen LogP contribution is 2.26. The average molecular weight is 396 g/mol. The minimum atomic E-state index is -0.404. The minimum Gasteiger partial charge on any atom is -0.463 e. The van der Waals surface area contributed by atoms with Crippen molar-refractivity contribution in [2.45, 2.75) is 12.8 Å². The number of hydrogen-bond donors (Lipinski definition) is 0. The van der Waals surface area contributed by atoms with Gasteiger partial charge in [0.1, 0.15) is 12.5 Å². The van der Waals surface area contributed by atoms with Gasteiger partial charge < -0.3 is 9.64 Å². The van der Waals surface area contributed by atoms with Crippen molar-refractivity contribution in [3.8, 4) is 0 Å². The molecule has 0 spiro atoms. The van der Waals surface area contributed by atoms with Gasteiger partial charge >= 0.3 is 5.97 Å². The second kappa shape index (κ2) is 11.2. The van der Waals surface area contributed by atoms with Crippen molar-refractivity contribution in [3.05, 3.63) is 102 Å². The van der Waals surface area contributed by atoms with Gasteiger partial charge in [0, 0.05) is 12.2 Å². The summed E-state index contributed by atoms with van der Waals surface area (Å²) in [7, 11) is 0. The van der Waals surface area contributed by atoms with Gasteiger partial charge in [-0.05, 0) is 30.2 Å². The molecule has 3 aromatic rings. The van der Waals surface area contributed by atoms with Gasteiger partial charge in [0.15, 0.2) is 0 Å². The summed E-state index contributed by atoms with van der Waals surface area (Å²) in [5, 5.41) is 0. The lowest BCUT2D eigenvalue weighted by atomic mass is 9.91. The zero-order chi connectivity index (χ0) is 18.9. The van der Waals surface area contributed by atoms with Crippen molar-refractivity contribution in [3.63, 3.8) is 0 Å². The number of halogens is 1. The van der Waals surface area contributed by atoms with Crippen LogP contribution < -0.4 is 4.90 Å². The molecule has 0 heterocycles. The molecular formula is C24H26ClNO2. The van der Waals surface area contributed by atoms with Crippen LogP contribution in [-0.4, -0.2) is 25.7 Å². The van der Waals surface area contributed by atoms with E-state index in [1.807, 2.05) is 78.9 Å². The third-order valence-corrected chi connectivity index (χ3v) is 4.61. The Morgan fingerprint density at radius 2 is 1.29 bits per heavy atom. The lowest BCUT2D eigenvalue weighted by Gasteiger charge is -2.23. The maximum absolute atomic E-state index is 12.9. The Labute approximate surface area is 173 Å². The highest BCUT2D eigenvalue weighted by Gasteiger charge is 2.24. The van der Waals surface area contributed by atoms with E-state index in [2.05, 4.69) is 24.0 Å². The number of hydrogen-bond acceptors (Lipinski definition) is 3. The molecule has 0 aliphatic carbocycles. The van der Waals surface area contributed by atoms with Crippen molar-refractivity contribution in [2.75, 3.05) is 24.6 Å². The van der Waals surface area contributed by atoms with Gasteiger partial charge in [-0.25, -0.2) is 0 Å². The molecule has 0 radical (unpaired) electrons. The first kappa shape index (κ1) is 21.5. The van der Waals surface area contributed by atoms with Crippen LogP contribution in [0.3, 0.4) is 0 Å². The molecule has 0 saturated carbocycles. The Balaban J connectivity index is 0.00000280. The van der Waals surface area contributed by atoms with Gasteiger partial charge in [0.2, 0.25) is 0 Å². The zero-order valence-corrected chi connectivity index (χ0v) is 16.8. The first-order chi connectivity index (χ1) is 13.3. The molecule has 4 heteroatoms. The van der Waals surface area contributed by atoms with Crippen molar-refractivity contribution >= 4 is 24.1 Å². The van der Waals surface area contributed by atoms with E-state index in [9.17, 15) is 4.79 Å². The Bertz CT molecular complexity index is 785. The van der Waals surface area contributed by atoms with E-state index in [0.717, 1.165) is 23.4 Å². The fourth-order valence-electron chi connectivity index (χ4n) is 3.20. The molecule has 0 unspecified atom stereocenters. The van der Waals surface area contributed by atoms with Crippen LogP contribution >= 0.6 is 12.4 Å². The van der Waals surface area contributed by atoms with E-state index in [1.54, 1.807) is 0 Å². The van der Waals surface area contributed by atoms with Crippen molar-refractivity contribution in [1.82, 2.24) is 0 Å². The van der Waals surface area contributed by atoms with E-state index in [4.69, 9.17) is 4.74 Å². The number of carbonyl (C=O) groups is 1. The fourth-order valence-corrected chi connectivity index (χ4v) is 3.20. The molecule has 0 aromatic heterocycles. The number of para-hydroxylation sites is 1. The van der Waals surface area contributed by atoms with E-state index >= 15 is 0 Å². The SMILES string of the molecule is CCN(CCOC(=O)C(c1ccccc1)c1ccccc1)c1ccccc1.Cl. The zero-order valence-electron chi connectivity index (χ0n) is 16.0. The molecule has 3 rings (SSSR count). The standard InChI is InChI=1S/C24H25NO2.ClH/c1-2-25(22-16-10-5-11-17-22)18-19-27-24(26)23(20-12-6-3-7-13-20)21-14-8-4-9-15-21;/h3-17,23H,2,18-19H2,1H3;1H. The molecule has 0 atom stereocenters. The van der Waals surface area contributed by atoms with Gasteiger partial charge in [-0.3, -0.25) is 4.79 Å². The number of nitrogens with zero attached hydrogens (tertiary/aromatic N) is 1. The summed E-state index contributed by atoms with van der Waals surface area (Å²) in [6.07, 6.45) is 0.